The van der Waals surface area contributed by atoms with Gasteiger partial charge >= 0.3 is 0 Å². The fourth-order valence-electron chi connectivity index (χ4n) is 1.67. The number of hydrazone groups is 1. The fraction of sp³-hybridized carbons (Fsp3) is 0.0667. The minimum Gasteiger partial charge on any atom is -0.504 e. The smallest absolute Gasteiger partial charge is 0.191 e. The van der Waals surface area contributed by atoms with E-state index in [0.29, 0.717) is 10.9 Å². The van der Waals surface area contributed by atoms with Crippen molar-refractivity contribution in [3.05, 3.63) is 52.5 Å². The number of benzene rings is 2. The number of hydrogen-bond donors (Lipinski definition) is 3. The SMILES string of the molecule is COc1cc(/C=N/NC(=S)Nc2cccc(Br)c2)ccc1O. The number of thiocarbonyl (C=S) groups is 1. The van der Waals surface area contributed by atoms with Crippen LogP contribution < -0.4 is 15.5 Å². The first-order chi connectivity index (χ1) is 10.6. The molecule has 5 nitrogen and oxygen atoms in total. The Morgan fingerprint density at radius 2 is 2.14 bits per heavy atom. The second-order valence-electron chi connectivity index (χ2n) is 4.27. The van der Waals surface area contributed by atoms with Gasteiger partial charge in [-0.1, -0.05) is 22.0 Å². The molecule has 114 valence electrons. The van der Waals surface area contributed by atoms with E-state index in [1.165, 1.54) is 13.2 Å². The minimum atomic E-state index is 0.0828. The van der Waals surface area contributed by atoms with Crippen LogP contribution in [-0.2, 0) is 0 Å². The van der Waals surface area contributed by atoms with Gasteiger partial charge in [-0.2, -0.15) is 5.10 Å². The van der Waals surface area contributed by atoms with Gasteiger partial charge in [0.25, 0.3) is 0 Å². The van der Waals surface area contributed by atoms with Crippen LogP contribution in [0.25, 0.3) is 0 Å². The highest BCUT2D eigenvalue weighted by molar-refractivity contribution is 9.10. The molecule has 7 heteroatoms. The first kappa shape index (κ1) is 16.3. The van der Waals surface area contributed by atoms with Crippen molar-refractivity contribution in [2.45, 2.75) is 0 Å². The Labute approximate surface area is 142 Å². The molecule has 0 radical (unpaired) electrons. The lowest BCUT2D eigenvalue weighted by Gasteiger charge is -2.07. The number of nitrogens with one attached hydrogen (secondary N) is 2. The molecule has 0 bridgehead atoms. The van der Waals surface area contributed by atoms with E-state index in [1.807, 2.05) is 24.3 Å². The Kier molecular flexibility index (Phi) is 5.74. The van der Waals surface area contributed by atoms with Gasteiger partial charge in [-0.25, -0.2) is 0 Å². The average molecular weight is 380 g/mol. The summed E-state index contributed by atoms with van der Waals surface area (Å²) in [6.07, 6.45) is 1.58. The molecule has 0 aliphatic carbocycles. The normalized spacial score (nSPS) is 10.5. The standard InChI is InChI=1S/C15H14BrN3O2S/c1-21-14-7-10(5-6-13(14)20)9-17-19-15(22)18-12-4-2-3-11(16)8-12/h2-9,20H,1H3,(H2,18,19,22)/b17-9+. The van der Waals surface area contributed by atoms with Gasteiger partial charge in [0.1, 0.15) is 0 Å². The highest BCUT2D eigenvalue weighted by Crippen LogP contribution is 2.25. The highest BCUT2D eigenvalue weighted by Gasteiger charge is 2.01. The monoisotopic (exact) mass is 379 g/mol. The third-order valence-electron chi connectivity index (χ3n) is 2.67. The second-order valence-corrected chi connectivity index (χ2v) is 5.59. The zero-order valence-corrected chi connectivity index (χ0v) is 14.1. The zero-order valence-electron chi connectivity index (χ0n) is 11.7. The van der Waals surface area contributed by atoms with Crippen LogP contribution in [0.3, 0.4) is 0 Å². The number of phenols is 1. The molecule has 0 aliphatic heterocycles. The maximum atomic E-state index is 9.52. The molecule has 0 aromatic heterocycles. The molecule has 0 amide bonds. The third-order valence-corrected chi connectivity index (χ3v) is 3.35. The number of ether oxygens (including phenoxy) is 1. The van der Waals surface area contributed by atoms with Crippen LogP contribution in [0.1, 0.15) is 5.56 Å². The maximum Gasteiger partial charge on any atom is 0.191 e. The van der Waals surface area contributed by atoms with E-state index < -0.39 is 0 Å². The topological polar surface area (TPSA) is 65.9 Å². The number of anilines is 1. The van der Waals surface area contributed by atoms with Gasteiger partial charge in [-0.15, -0.1) is 0 Å². The van der Waals surface area contributed by atoms with Gasteiger partial charge in [0, 0.05) is 10.2 Å². The number of aromatic hydroxyl groups is 1. The van der Waals surface area contributed by atoms with Gasteiger partial charge < -0.3 is 15.2 Å². The molecule has 0 aliphatic rings. The molecule has 0 atom stereocenters. The number of rotatable bonds is 4. The molecular weight excluding hydrogens is 366 g/mol. The van der Waals surface area contributed by atoms with E-state index in [4.69, 9.17) is 17.0 Å². The van der Waals surface area contributed by atoms with Gasteiger partial charge in [0.15, 0.2) is 16.6 Å². The molecule has 22 heavy (non-hydrogen) atoms. The molecule has 0 saturated heterocycles. The highest BCUT2D eigenvalue weighted by atomic mass is 79.9. The molecule has 0 fully saturated rings. The van der Waals surface area contributed by atoms with Crippen LogP contribution in [0.5, 0.6) is 11.5 Å². The van der Waals surface area contributed by atoms with Gasteiger partial charge in [-0.3, -0.25) is 5.43 Å². The predicted molar refractivity (Wildman–Crippen MR) is 95.8 cm³/mol. The van der Waals surface area contributed by atoms with Gasteiger partial charge in [-0.05, 0) is 54.2 Å². The number of nitrogens with zero attached hydrogens (tertiary/aromatic N) is 1. The molecule has 0 unspecified atom stereocenters. The number of methoxy groups -OCH3 is 1. The summed E-state index contributed by atoms with van der Waals surface area (Å²) < 4.78 is 5.99. The Morgan fingerprint density at radius 1 is 1.32 bits per heavy atom. The van der Waals surface area contributed by atoms with Crippen LogP contribution >= 0.6 is 28.1 Å². The Hall–Kier alpha value is -2.12. The van der Waals surface area contributed by atoms with Crippen LogP contribution in [0.2, 0.25) is 0 Å². The predicted octanol–water partition coefficient (Wildman–Crippen LogP) is 3.48. The third kappa shape index (κ3) is 4.71. The summed E-state index contributed by atoms with van der Waals surface area (Å²) in [7, 11) is 1.49. The molecule has 0 saturated carbocycles. The molecule has 2 aromatic rings. The summed E-state index contributed by atoms with van der Waals surface area (Å²) in [6.45, 7) is 0. The van der Waals surface area contributed by atoms with Crippen LogP contribution in [0, 0.1) is 0 Å². The Balaban J connectivity index is 1.93. The number of hydrogen-bond acceptors (Lipinski definition) is 4. The van der Waals surface area contributed by atoms with E-state index in [-0.39, 0.29) is 5.75 Å². The van der Waals surface area contributed by atoms with Crippen molar-refractivity contribution in [3.8, 4) is 11.5 Å². The lowest BCUT2D eigenvalue weighted by Crippen LogP contribution is -2.23. The fourth-order valence-corrected chi connectivity index (χ4v) is 2.24. The molecule has 2 aromatic carbocycles. The molecule has 0 spiro atoms. The lowest BCUT2D eigenvalue weighted by atomic mass is 10.2. The largest absolute Gasteiger partial charge is 0.504 e. The van der Waals surface area contributed by atoms with Crippen molar-refractivity contribution in [1.29, 1.82) is 0 Å². The van der Waals surface area contributed by atoms with E-state index >= 15 is 0 Å². The maximum absolute atomic E-state index is 9.52. The van der Waals surface area contributed by atoms with E-state index in [1.54, 1.807) is 18.3 Å². The first-order valence-electron chi connectivity index (χ1n) is 6.31. The van der Waals surface area contributed by atoms with Crippen LogP contribution in [0.4, 0.5) is 5.69 Å². The van der Waals surface area contributed by atoms with Crippen molar-refractivity contribution in [3.63, 3.8) is 0 Å². The zero-order chi connectivity index (χ0) is 15.9. The van der Waals surface area contributed by atoms with E-state index in [9.17, 15) is 5.11 Å². The summed E-state index contributed by atoms with van der Waals surface area (Å²) in [5.41, 5.74) is 4.35. The summed E-state index contributed by atoms with van der Waals surface area (Å²) in [5.74, 6) is 0.471. The van der Waals surface area contributed by atoms with Crippen molar-refractivity contribution >= 4 is 45.2 Å². The van der Waals surface area contributed by atoms with E-state index in [0.717, 1.165) is 15.7 Å². The molecule has 2 rings (SSSR count). The summed E-state index contributed by atoms with van der Waals surface area (Å²) in [4.78, 5) is 0. The van der Waals surface area contributed by atoms with Gasteiger partial charge in [0.2, 0.25) is 0 Å². The Bertz CT molecular complexity index is 707. The van der Waals surface area contributed by atoms with E-state index in [2.05, 4.69) is 31.8 Å². The Morgan fingerprint density at radius 3 is 2.86 bits per heavy atom. The lowest BCUT2D eigenvalue weighted by molar-refractivity contribution is 0.373. The minimum absolute atomic E-state index is 0.0828. The average Bonchev–Trinajstić information content (AvgIpc) is 2.49. The summed E-state index contributed by atoms with van der Waals surface area (Å²) in [6, 6.07) is 12.6. The molecule has 0 heterocycles. The van der Waals surface area contributed by atoms with Crippen molar-refractivity contribution in [1.82, 2.24) is 5.43 Å². The number of phenolic OH excluding ortho intramolecular Hbond substituents is 1. The molecule has 3 N–H and O–H groups in total. The quantitative estimate of drug-likeness (QED) is 0.431. The number of halogens is 1. The van der Waals surface area contributed by atoms with Crippen molar-refractivity contribution < 1.29 is 9.84 Å². The second kappa shape index (κ2) is 7.77. The summed E-state index contributed by atoms with van der Waals surface area (Å²) in [5, 5.41) is 16.9. The van der Waals surface area contributed by atoms with Crippen LogP contribution in [-0.4, -0.2) is 23.5 Å². The van der Waals surface area contributed by atoms with Crippen molar-refractivity contribution in [2.75, 3.05) is 12.4 Å². The van der Waals surface area contributed by atoms with Crippen molar-refractivity contribution in [2.24, 2.45) is 5.10 Å². The molecular formula is C15H14BrN3O2S. The van der Waals surface area contributed by atoms with Crippen LogP contribution in [0.15, 0.2) is 52.0 Å². The van der Waals surface area contributed by atoms with Gasteiger partial charge in [0.05, 0.1) is 13.3 Å². The first-order valence-corrected chi connectivity index (χ1v) is 7.51. The summed E-state index contributed by atoms with van der Waals surface area (Å²) >= 11 is 8.54.